The molecule has 1 atom stereocenters. The lowest BCUT2D eigenvalue weighted by atomic mass is 9.75. The highest BCUT2D eigenvalue weighted by Gasteiger charge is 2.36. The minimum atomic E-state index is 0.166. The number of hydrogen-bond donors (Lipinski definition) is 0. The first kappa shape index (κ1) is 10.4. The Labute approximate surface area is 91.6 Å². The second-order valence-electron chi connectivity index (χ2n) is 4.90. The molecule has 15 heavy (non-hydrogen) atoms. The first-order chi connectivity index (χ1) is 7.12. The molecule has 0 aromatic heterocycles. The summed E-state index contributed by atoms with van der Waals surface area (Å²) < 4.78 is 0. The van der Waals surface area contributed by atoms with Gasteiger partial charge in [-0.05, 0) is 51.7 Å². The summed E-state index contributed by atoms with van der Waals surface area (Å²) in [4.78, 5) is 11.3. The van der Waals surface area contributed by atoms with Crippen LogP contribution >= 0.6 is 0 Å². The number of carbonyl (C=O) groups is 1. The van der Waals surface area contributed by atoms with Gasteiger partial charge in [0.25, 0.3) is 0 Å². The highest BCUT2D eigenvalue weighted by molar-refractivity contribution is 6.01. The molecule has 0 radical (unpaired) electrons. The van der Waals surface area contributed by atoms with Crippen LogP contribution < -0.4 is 0 Å². The van der Waals surface area contributed by atoms with Crippen LogP contribution in [-0.2, 0) is 4.79 Å². The van der Waals surface area contributed by atoms with Gasteiger partial charge < -0.3 is 0 Å². The van der Waals surface area contributed by atoms with E-state index in [2.05, 4.69) is 26.0 Å². The third kappa shape index (κ3) is 1.97. The monoisotopic (exact) mass is 202 g/mol. The van der Waals surface area contributed by atoms with Gasteiger partial charge in [-0.3, -0.25) is 4.79 Å². The Kier molecular flexibility index (Phi) is 2.64. The molecule has 0 spiro atoms. The maximum atomic E-state index is 11.3. The molecule has 0 saturated heterocycles. The first-order valence-electron chi connectivity index (χ1n) is 5.70. The molecule has 0 amide bonds. The van der Waals surface area contributed by atoms with E-state index < -0.39 is 0 Å². The molecule has 80 valence electrons. The van der Waals surface area contributed by atoms with Crippen LogP contribution in [0.25, 0.3) is 0 Å². The zero-order chi connectivity index (χ0) is 10.9. The Morgan fingerprint density at radius 1 is 1.53 bits per heavy atom. The lowest BCUT2D eigenvalue weighted by molar-refractivity contribution is -0.110. The molecule has 1 heteroatoms. The summed E-state index contributed by atoms with van der Waals surface area (Å²) in [5, 5.41) is 0. The number of hydrogen-bond acceptors (Lipinski definition) is 1. The third-order valence-electron chi connectivity index (χ3n) is 3.47. The number of allylic oxidation sites excluding steroid dienone is 6. The van der Waals surface area contributed by atoms with Crippen molar-refractivity contribution in [2.45, 2.75) is 39.5 Å². The Bertz CT molecular complexity index is 367. The standard InChI is InChI=1S/C14H18O/c1-11(2)5-8-14-7-3-4-12(14)10-13(15)6-9-14/h5-6,9-10H,3-4,7-8H2,1-2H3. The Morgan fingerprint density at radius 2 is 2.33 bits per heavy atom. The minimum absolute atomic E-state index is 0.166. The van der Waals surface area contributed by atoms with Crippen LogP contribution in [0.4, 0.5) is 0 Å². The van der Waals surface area contributed by atoms with E-state index in [1.165, 1.54) is 24.0 Å². The number of carbonyl (C=O) groups excluding carboxylic acids is 1. The van der Waals surface area contributed by atoms with Gasteiger partial charge in [0.15, 0.2) is 5.78 Å². The van der Waals surface area contributed by atoms with Crippen LogP contribution in [0.15, 0.2) is 35.5 Å². The molecule has 0 aromatic rings. The van der Waals surface area contributed by atoms with Crippen molar-refractivity contribution in [2.24, 2.45) is 5.41 Å². The third-order valence-corrected chi connectivity index (χ3v) is 3.47. The van der Waals surface area contributed by atoms with Crippen molar-refractivity contribution in [3.63, 3.8) is 0 Å². The van der Waals surface area contributed by atoms with Crippen LogP contribution in [-0.4, -0.2) is 5.78 Å². The normalized spacial score (nSPS) is 28.7. The summed E-state index contributed by atoms with van der Waals surface area (Å²) in [6, 6.07) is 0. The van der Waals surface area contributed by atoms with E-state index in [4.69, 9.17) is 0 Å². The zero-order valence-corrected chi connectivity index (χ0v) is 9.55. The zero-order valence-electron chi connectivity index (χ0n) is 9.55. The van der Waals surface area contributed by atoms with Crippen molar-refractivity contribution in [1.29, 1.82) is 0 Å². The van der Waals surface area contributed by atoms with Crippen molar-refractivity contribution in [3.8, 4) is 0 Å². The topological polar surface area (TPSA) is 17.1 Å². The average Bonchev–Trinajstić information content (AvgIpc) is 2.58. The van der Waals surface area contributed by atoms with Crippen LogP contribution in [0.3, 0.4) is 0 Å². The lowest BCUT2D eigenvalue weighted by Gasteiger charge is -2.28. The van der Waals surface area contributed by atoms with Crippen LogP contribution in [0, 0.1) is 5.41 Å². The van der Waals surface area contributed by atoms with Gasteiger partial charge >= 0.3 is 0 Å². The van der Waals surface area contributed by atoms with E-state index in [1.54, 1.807) is 6.08 Å². The second-order valence-corrected chi connectivity index (χ2v) is 4.90. The number of ketones is 1. The van der Waals surface area contributed by atoms with Gasteiger partial charge in [0, 0.05) is 5.41 Å². The van der Waals surface area contributed by atoms with Crippen molar-refractivity contribution < 1.29 is 4.79 Å². The fourth-order valence-electron chi connectivity index (χ4n) is 2.56. The molecule has 2 rings (SSSR count). The van der Waals surface area contributed by atoms with Gasteiger partial charge in [0.1, 0.15) is 0 Å². The lowest BCUT2D eigenvalue weighted by Crippen LogP contribution is -2.19. The fraction of sp³-hybridized carbons (Fsp3) is 0.500. The van der Waals surface area contributed by atoms with Crippen molar-refractivity contribution in [1.82, 2.24) is 0 Å². The fourth-order valence-corrected chi connectivity index (χ4v) is 2.56. The first-order valence-corrected chi connectivity index (χ1v) is 5.70. The summed E-state index contributed by atoms with van der Waals surface area (Å²) in [6.07, 6.45) is 12.6. The maximum absolute atomic E-state index is 11.3. The average molecular weight is 202 g/mol. The molecule has 0 heterocycles. The molecular formula is C14H18O. The predicted octanol–water partition coefficient (Wildman–Crippen LogP) is 3.58. The molecule has 0 aliphatic heterocycles. The van der Waals surface area contributed by atoms with E-state index >= 15 is 0 Å². The summed E-state index contributed by atoms with van der Waals surface area (Å²) in [7, 11) is 0. The molecular weight excluding hydrogens is 184 g/mol. The highest BCUT2D eigenvalue weighted by Crippen LogP contribution is 2.48. The molecule has 1 saturated carbocycles. The van der Waals surface area contributed by atoms with Crippen molar-refractivity contribution in [2.75, 3.05) is 0 Å². The van der Waals surface area contributed by atoms with Crippen LogP contribution in [0.2, 0.25) is 0 Å². The number of fused-ring (bicyclic) bond motifs is 1. The van der Waals surface area contributed by atoms with Gasteiger partial charge in [-0.25, -0.2) is 0 Å². The summed E-state index contributed by atoms with van der Waals surface area (Å²) in [5.41, 5.74) is 2.90. The molecule has 1 unspecified atom stereocenters. The van der Waals surface area contributed by atoms with Gasteiger partial charge in [0.2, 0.25) is 0 Å². The minimum Gasteiger partial charge on any atom is -0.290 e. The van der Waals surface area contributed by atoms with Gasteiger partial charge in [-0.15, -0.1) is 0 Å². The molecule has 2 aliphatic rings. The molecule has 0 N–H and O–H groups in total. The van der Waals surface area contributed by atoms with Crippen molar-refractivity contribution >= 4 is 5.78 Å². The predicted molar refractivity (Wildman–Crippen MR) is 62.6 cm³/mol. The van der Waals surface area contributed by atoms with Gasteiger partial charge in [-0.1, -0.05) is 23.3 Å². The Morgan fingerprint density at radius 3 is 3.07 bits per heavy atom. The molecule has 0 bridgehead atoms. The summed E-state index contributed by atoms with van der Waals surface area (Å²) in [6.45, 7) is 4.26. The van der Waals surface area contributed by atoms with Gasteiger partial charge in [-0.2, -0.15) is 0 Å². The smallest absolute Gasteiger partial charge is 0.178 e. The second kappa shape index (κ2) is 3.80. The van der Waals surface area contributed by atoms with Crippen molar-refractivity contribution in [3.05, 3.63) is 35.5 Å². The quantitative estimate of drug-likeness (QED) is 0.625. The highest BCUT2D eigenvalue weighted by atomic mass is 16.1. The molecule has 2 aliphatic carbocycles. The van der Waals surface area contributed by atoms with E-state index in [1.807, 2.05) is 6.08 Å². The molecule has 0 aromatic carbocycles. The maximum Gasteiger partial charge on any atom is 0.178 e. The SMILES string of the molecule is CC(C)=CCC12C=CC(=O)C=C1CCC2. The van der Waals surface area contributed by atoms with E-state index in [0.717, 1.165) is 12.8 Å². The van der Waals surface area contributed by atoms with Crippen LogP contribution in [0.5, 0.6) is 0 Å². The van der Waals surface area contributed by atoms with E-state index in [-0.39, 0.29) is 11.2 Å². The summed E-state index contributed by atoms with van der Waals surface area (Å²) in [5.74, 6) is 0.166. The van der Waals surface area contributed by atoms with Crippen LogP contribution in [0.1, 0.15) is 39.5 Å². The Balaban J connectivity index is 2.26. The largest absolute Gasteiger partial charge is 0.290 e. The van der Waals surface area contributed by atoms with E-state index in [9.17, 15) is 4.79 Å². The Hall–Kier alpha value is -1.11. The molecule has 1 fully saturated rings. The van der Waals surface area contributed by atoms with Gasteiger partial charge in [0.05, 0.1) is 0 Å². The molecule has 1 nitrogen and oxygen atoms in total. The number of rotatable bonds is 2. The summed E-state index contributed by atoms with van der Waals surface area (Å²) >= 11 is 0. The van der Waals surface area contributed by atoms with E-state index in [0.29, 0.717) is 0 Å².